The van der Waals surface area contributed by atoms with Crippen molar-refractivity contribution in [1.29, 1.82) is 0 Å². The van der Waals surface area contributed by atoms with Crippen molar-refractivity contribution in [1.82, 2.24) is 10.2 Å². The first-order valence-corrected chi connectivity index (χ1v) is 8.17. The van der Waals surface area contributed by atoms with Crippen LogP contribution in [0.4, 0.5) is 0 Å². The van der Waals surface area contributed by atoms with E-state index in [-0.39, 0.29) is 0 Å². The van der Waals surface area contributed by atoms with E-state index in [1.54, 1.807) is 0 Å². The number of likely N-dealkylation sites (N-methyl/N-ethyl adjacent to an activating group) is 1. The van der Waals surface area contributed by atoms with Gasteiger partial charge in [-0.15, -0.1) is 0 Å². The zero-order valence-corrected chi connectivity index (χ0v) is 12.3. The lowest BCUT2D eigenvalue weighted by Crippen LogP contribution is -2.56. The molecule has 1 N–H and O–H groups in total. The maximum absolute atomic E-state index is 3.90. The Hall–Kier alpha value is -0.0800. The van der Waals surface area contributed by atoms with E-state index >= 15 is 0 Å². The monoisotopic (exact) mass is 250 g/mol. The summed E-state index contributed by atoms with van der Waals surface area (Å²) in [5.41, 5.74) is 0.718. The molecule has 0 aromatic rings. The first-order chi connectivity index (χ1) is 8.71. The second kappa shape index (κ2) is 5.13. The Morgan fingerprint density at radius 2 is 1.83 bits per heavy atom. The van der Waals surface area contributed by atoms with Crippen molar-refractivity contribution in [2.45, 2.75) is 82.8 Å². The standard InChI is InChI=1S/C16H30N2/c1-13(18(2)14-6-7-14)12-17-15-8-11-16(15)9-4-3-5-10-16/h13-15,17H,3-12H2,1-2H3. The zero-order valence-electron chi connectivity index (χ0n) is 12.3. The van der Waals surface area contributed by atoms with Gasteiger partial charge in [0, 0.05) is 24.7 Å². The van der Waals surface area contributed by atoms with E-state index < -0.39 is 0 Å². The van der Waals surface area contributed by atoms with Crippen LogP contribution in [0.5, 0.6) is 0 Å². The Morgan fingerprint density at radius 3 is 2.39 bits per heavy atom. The van der Waals surface area contributed by atoms with Crippen molar-refractivity contribution >= 4 is 0 Å². The van der Waals surface area contributed by atoms with E-state index in [1.807, 2.05) is 0 Å². The number of hydrogen-bond donors (Lipinski definition) is 1. The van der Waals surface area contributed by atoms with Gasteiger partial charge in [0.25, 0.3) is 0 Å². The normalized spacial score (nSPS) is 32.5. The minimum atomic E-state index is 0.707. The van der Waals surface area contributed by atoms with Crippen molar-refractivity contribution in [3.63, 3.8) is 0 Å². The summed E-state index contributed by atoms with van der Waals surface area (Å²) in [5.74, 6) is 0. The van der Waals surface area contributed by atoms with Gasteiger partial charge >= 0.3 is 0 Å². The molecule has 104 valence electrons. The molecular weight excluding hydrogens is 220 g/mol. The molecule has 0 radical (unpaired) electrons. The third-order valence-corrected chi connectivity index (χ3v) is 6.00. The molecule has 2 heteroatoms. The quantitative estimate of drug-likeness (QED) is 0.806. The van der Waals surface area contributed by atoms with Crippen LogP contribution in [0.2, 0.25) is 0 Å². The Balaban J connectivity index is 1.45. The summed E-state index contributed by atoms with van der Waals surface area (Å²) >= 11 is 0. The highest BCUT2D eigenvalue weighted by molar-refractivity contribution is 5.02. The molecule has 0 bridgehead atoms. The fraction of sp³-hybridized carbons (Fsp3) is 1.00. The van der Waals surface area contributed by atoms with E-state index in [1.165, 1.54) is 64.3 Å². The predicted octanol–water partition coefficient (Wildman–Crippen LogP) is 3.17. The average molecular weight is 250 g/mol. The van der Waals surface area contributed by atoms with E-state index in [0.29, 0.717) is 6.04 Å². The van der Waals surface area contributed by atoms with Crippen molar-refractivity contribution in [2.24, 2.45) is 5.41 Å². The second-order valence-corrected chi connectivity index (χ2v) is 7.17. The highest BCUT2D eigenvalue weighted by atomic mass is 15.2. The summed E-state index contributed by atoms with van der Waals surface area (Å²) in [6.07, 6.45) is 13.2. The predicted molar refractivity (Wildman–Crippen MR) is 76.8 cm³/mol. The van der Waals surface area contributed by atoms with Crippen LogP contribution in [0.15, 0.2) is 0 Å². The maximum atomic E-state index is 3.90. The van der Waals surface area contributed by atoms with Gasteiger partial charge < -0.3 is 5.32 Å². The van der Waals surface area contributed by atoms with Crippen molar-refractivity contribution in [3.05, 3.63) is 0 Å². The second-order valence-electron chi connectivity index (χ2n) is 7.17. The minimum Gasteiger partial charge on any atom is -0.312 e. The summed E-state index contributed by atoms with van der Waals surface area (Å²) in [6, 6.07) is 2.44. The van der Waals surface area contributed by atoms with Gasteiger partial charge in [-0.1, -0.05) is 19.3 Å². The largest absolute Gasteiger partial charge is 0.312 e. The number of nitrogens with zero attached hydrogens (tertiary/aromatic N) is 1. The van der Waals surface area contributed by atoms with Gasteiger partial charge in [0.15, 0.2) is 0 Å². The molecule has 2 nitrogen and oxygen atoms in total. The van der Waals surface area contributed by atoms with Gasteiger partial charge in [-0.3, -0.25) is 4.90 Å². The Labute approximate surface area is 113 Å². The molecule has 1 spiro atoms. The van der Waals surface area contributed by atoms with Gasteiger partial charge in [-0.2, -0.15) is 0 Å². The zero-order chi connectivity index (χ0) is 12.6. The SMILES string of the molecule is CC(CNC1CCC12CCCCC2)N(C)C1CC1. The molecule has 3 rings (SSSR count). The lowest BCUT2D eigenvalue weighted by molar-refractivity contribution is 0.0197. The molecule has 3 saturated carbocycles. The molecule has 18 heavy (non-hydrogen) atoms. The lowest BCUT2D eigenvalue weighted by Gasteiger charge is -2.53. The lowest BCUT2D eigenvalue weighted by atomic mass is 9.57. The highest BCUT2D eigenvalue weighted by Crippen LogP contribution is 2.51. The molecule has 0 heterocycles. The van der Waals surface area contributed by atoms with E-state index in [0.717, 1.165) is 17.5 Å². The van der Waals surface area contributed by atoms with E-state index in [4.69, 9.17) is 0 Å². The summed E-state index contributed by atoms with van der Waals surface area (Å²) in [6.45, 7) is 3.58. The molecule has 2 unspecified atom stereocenters. The van der Waals surface area contributed by atoms with Gasteiger partial charge in [0.1, 0.15) is 0 Å². The first-order valence-electron chi connectivity index (χ1n) is 8.17. The Kier molecular flexibility index (Phi) is 3.68. The molecule has 0 amide bonds. The molecule has 0 aromatic carbocycles. The topological polar surface area (TPSA) is 15.3 Å². The first kappa shape index (κ1) is 12.9. The smallest absolute Gasteiger partial charge is 0.0192 e. The Morgan fingerprint density at radius 1 is 1.11 bits per heavy atom. The van der Waals surface area contributed by atoms with E-state index in [2.05, 4.69) is 24.2 Å². The number of rotatable bonds is 5. The van der Waals surface area contributed by atoms with Gasteiger partial charge in [0.05, 0.1) is 0 Å². The van der Waals surface area contributed by atoms with Crippen LogP contribution in [0.1, 0.15) is 64.7 Å². The minimum absolute atomic E-state index is 0.707. The third kappa shape index (κ3) is 2.46. The summed E-state index contributed by atoms with van der Waals surface area (Å²) < 4.78 is 0. The van der Waals surface area contributed by atoms with Gasteiger partial charge in [-0.25, -0.2) is 0 Å². The molecule has 3 aliphatic carbocycles. The van der Waals surface area contributed by atoms with Crippen LogP contribution in [0, 0.1) is 5.41 Å². The third-order valence-electron chi connectivity index (χ3n) is 6.00. The van der Waals surface area contributed by atoms with E-state index in [9.17, 15) is 0 Å². The fourth-order valence-corrected chi connectivity index (χ4v) is 4.17. The molecule has 2 atom stereocenters. The van der Waals surface area contributed by atoms with Crippen LogP contribution in [0.25, 0.3) is 0 Å². The highest BCUT2D eigenvalue weighted by Gasteiger charge is 2.46. The fourth-order valence-electron chi connectivity index (χ4n) is 4.17. The maximum Gasteiger partial charge on any atom is 0.0192 e. The molecular formula is C16H30N2. The van der Waals surface area contributed by atoms with Crippen LogP contribution >= 0.6 is 0 Å². The molecule has 3 aliphatic rings. The summed E-state index contributed by atoms with van der Waals surface area (Å²) in [4.78, 5) is 2.58. The van der Waals surface area contributed by atoms with Crippen LogP contribution < -0.4 is 5.32 Å². The van der Waals surface area contributed by atoms with Gasteiger partial charge in [-0.05, 0) is 57.9 Å². The number of nitrogens with one attached hydrogen (secondary N) is 1. The molecule has 0 saturated heterocycles. The summed E-state index contributed by atoms with van der Waals surface area (Å²) in [7, 11) is 2.31. The van der Waals surface area contributed by atoms with Gasteiger partial charge in [0.2, 0.25) is 0 Å². The average Bonchev–Trinajstić information content (AvgIpc) is 3.22. The van der Waals surface area contributed by atoms with Crippen molar-refractivity contribution < 1.29 is 0 Å². The van der Waals surface area contributed by atoms with Crippen molar-refractivity contribution in [3.8, 4) is 0 Å². The van der Waals surface area contributed by atoms with Crippen LogP contribution in [0.3, 0.4) is 0 Å². The van der Waals surface area contributed by atoms with Crippen LogP contribution in [-0.2, 0) is 0 Å². The summed E-state index contributed by atoms with van der Waals surface area (Å²) in [5, 5.41) is 3.90. The Bertz CT molecular complexity index is 279. The molecule has 0 aromatic heterocycles. The van der Waals surface area contributed by atoms with Crippen LogP contribution in [-0.4, -0.2) is 36.6 Å². The van der Waals surface area contributed by atoms with Crippen molar-refractivity contribution in [2.75, 3.05) is 13.6 Å². The molecule has 3 fully saturated rings. The number of hydrogen-bond acceptors (Lipinski definition) is 2. The molecule has 0 aliphatic heterocycles.